The molecule has 1 amide bonds. The molecule has 1 aromatic rings. The Morgan fingerprint density at radius 3 is 2.55 bits per heavy atom. The summed E-state index contributed by atoms with van der Waals surface area (Å²) in [5, 5.41) is 18.3. The van der Waals surface area contributed by atoms with Gasteiger partial charge in [0.25, 0.3) is 11.7 Å². The molecule has 0 radical (unpaired) electrons. The van der Waals surface area contributed by atoms with Crippen LogP contribution in [0.3, 0.4) is 0 Å². The molecule has 1 aromatic carbocycles. The summed E-state index contributed by atoms with van der Waals surface area (Å²) in [5.74, 6) is -2.50. The monoisotopic (exact) mass is 277 g/mol. The lowest BCUT2D eigenvalue weighted by Gasteiger charge is -2.21. The van der Waals surface area contributed by atoms with Crippen LogP contribution in [0.1, 0.15) is 27.9 Å². The van der Waals surface area contributed by atoms with E-state index in [1.807, 2.05) is 6.92 Å². The van der Waals surface area contributed by atoms with Gasteiger partial charge in [-0.15, -0.1) is 0 Å². The maximum absolute atomic E-state index is 12.0. The quantitative estimate of drug-likeness (QED) is 0.789. The molecule has 1 aliphatic heterocycles. The van der Waals surface area contributed by atoms with Crippen LogP contribution < -0.4 is 4.90 Å². The number of hydrogen-bond acceptors (Lipinski definition) is 4. The number of aryl methyl sites for hydroxylation is 1. The Kier molecular flexibility index (Phi) is 3.59. The van der Waals surface area contributed by atoms with Gasteiger partial charge in [-0.25, -0.2) is 0 Å². The van der Waals surface area contributed by atoms with Crippen LogP contribution in [-0.2, 0) is 9.59 Å². The van der Waals surface area contributed by atoms with Crippen LogP contribution in [0.25, 0.3) is 0 Å². The number of ketones is 1. The third-order valence-corrected chi connectivity index (χ3v) is 3.46. The van der Waals surface area contributed by atoms with Gasteiger partial charge in [0, 0.05) is 0 Å². The van der Waals surface area contributed by atoms with Gasteiger partial charge in [0.15, 0.2) is 0 Å². The number of aliphatic carboxylic acids is 1. The number of fused-ring (bicyclic) bond motifs is 1. The van der Waals surface area contributed by atoms with Crippen molar-refractivity contribution in [3.63, 3.8) is 0 Å². The number of carboxylic acid groups (broad SMARTS) is 1. The fourth-order valence-electron chi connectivity index (χ4n) is 2.32. The predicted octanol–water partition coefficient (Wildman–Crippen LogP) is 0.668. The highest BCUT2D eigenvalue weighted by Crippen LogP contribution is 2.34. The minimum atomic E-state index is -1.21. The molecule has 0 saturated carbocycles. The van der Waals surface area contributed by atoms with Gasteiger partial charge in [-0.2, -0.15) is 0 Å². The minimum absolute atomic E-state index is 0.200. The average molecular weight is 277 g/mol. The molecule has 6 nitrogen and oxygen atoms in total. The van der Waals surface area contributed by atoms with E-state index in [9.17, 15) is 19.5 Å². The smallest absolute Gasteiger partial charge is 0.306 e. The van der Waals surface area contributed by atoms with Gasteiger partial charge in [0.05, 0.1) is 30.3 Å². The van der Waals surface area contributed by atoms with Crippen molar-refractivity contribution in [2.45, 2.75) is 26.4 Å². The summed E-state index contributed by atoms with van der Waals surface area (Å²) in [7, 11) is 0. The number of aliphatic hydroxyl groups excluding tert-OH is 1. The summed E-state index contributed by atoms with van der Waals surface area (Å²) in [5.41, 5.74) is 2.48. The van der Waals surface area contributed by atoms with E-state index in [-0.39, 0.29) is 6.54 Å². The Hall–Kier alpha value is -2.21. The van der Waals surface area contributed by atoms with Crippen LogP contribution in [0, 0.1) is 13.8 Å². The van der Waals surface area contributed by atoms with Crippen LogP contribution in [0.4, 0.5) is 5.69 Å². The van der Waals surface area contributed by atoms with Crippen molar-refractivity contribution < 1.29 is 24.6 Å². The molecule has 1 heterocycles. The molecular weight excluding hydrogens is 262 g/mol. The van der Waals surface area contributed by atoms with Crippen LogP contribution in [-0.4, -0.2) is 40.5 Å². The van der Waals surface area contributed by atoms with Gasteiger partial charge in [-0.05, 0) is 31.0 Å². The third kappa shape index (κ3) is 2.30. The molecule has 1 atom stereocenters. The van der Waals surface area contributed by atoms with Gasteiger partial charge in [0.1, 0.15) is 0 Å². The molecular formula is C14H15NO5. The molecule has 0 aromatic heterocycles. The number of carbonyl (C=O) groups is 3. The molecule has 6 heteroatoms. The number of nitrogens with zero attached hydrogens (tertiary/aromatic N) is 1. The molecule has 0 saturated heterocycles. The number of carboxylic acids is 1. The second-order valence-corrected chi connectivity index (χ2v) is 4.90. The lowest BCUT2D eigenvalue weighted by molar-refractivity contribution is -0.139. The van der Waals surface area contributed by atoms with Crippen molar-refractivity contribution in [2.24, 2.45) is 0 Å². The van der Waals surface area contributed by atoms with E-state index < -0.39 is 30.2 Å². The molecule has 0 fully saturated rings. The first-order chi connectivity index (χ1) is 9.32. The number of anilines is 1. The normalized spacial score (nSPS) is 15.4. The zero-order chi connectivity index (χ0) is 15.0. The first-order valence-electron chi connectivity index (χ1n) is 6.19. The number of aliphatic hydroxyl groups is 1. The molecule has 0 bridgehead atoms. The maximum Gasteiger partial charge on any atom is 0.306 e. The Labute approximate surface area is 115 Å². The average Bonchev–Trinajstić information content (AvgIpc) is 2.58. The Morgan fingerprint density at radius 2 is 1.95 bits per heavy atom. The maximum atomic E-state index is 12.0. The van der Waals surface area contributed by atoms with E-state index >= 15 is 0 Å². The molecule has 2 N–H and O–H groups in total. The van der Waals surface area contributed by atoms with Crippen molar-refractivity contribution in [3.8, 4) is 0 Å². The summed E-state index contributed by atoms with van der Waals surface area (Å²) >= 11 is 0. The number of Topliss-reactive ketones (excluding diaryl/α,β-unsaturated/α-hetero) is 1. The topological polar surface area (TPSA) is 94.9 Å². The summed E-state index contributed by atoms with van der Waals surface area (Å²) in [6, 6.07) is 3.35. The SMILES string of the molecule is Cc1ccc2c(c1C)N(CC(O)CC(=O)O)C(=O)C2=O. The highest BCUT2D eigenvalue weighted by atomic mass is 16.4. The first-order valence-corrected chi connectivity index (χ1v) is 6.19. The number of rotatable bonds is 4. The number of benzene rings is 1. The van der Waals surface area contributed by atoms with Crippen LogP contribution >= 0.6 is 0 Å². The van der Waals surface area contributed by atoms with Crippen LogP contribution in [0.15, 0.2) is 12.1 Å². The van der Waals surface area contributed by atoms with Crippen LogP contribution in [0.5, 0.6) is 0 Å². The predicted molar refractivity (Wildman–Crippen MR) is 70.9 cm³/mol. The summed E-state index contributed by atoms with van der Waals surface area (Å²) in [6.07, 6.45) is -1.69. The summed E-state index contributed by atoms with van der Waals surface area (Å²) in [6.45, 7) is 3.44. The van der Waals surface area contributed by atoms with Crippen LogP contribution in [0.2, 0.25) is 0 Å². The van der Waals surface area contributed by atoms with E-state index in [1.165, 1.54) is 4.90 Å². The molecule has 106 valence electrons. The number of β-amino-alcohol motifs (C(OH)–C–C–N with tert-alkyl or cyclic N) is 1. The molecule has 20 heavy (non-hydrogen) atoms. The lowest BCUT2D eigenvalue weighted by Crippen LogP contribution is -2.37. The number of carbonyl (C=O) groups excluding carboxylic acids is 2. The zero-order valence-electron chi connectivity index (χ0n) is 11.2. The Balaban J connectivity index is 2.37. The number of hydrogen-bond donors (Lipinski definition) is 2. The third-order valence-electron chi connectivity index (χ3n) is 3.46. The van der Waals surface area contributed by atoms with E-state index in [4.69, 9.17) is 5.11 Å². The van der Waals surface area contributed by atoms with Gasteiger partial charge in [-0.1, -0.05) is 6.07 Å². The summed E-state index contributed by atoms with van der Waals surface area (Å²) in [4.78, 5) is 35.6. The first kappa shape index (κ1) is 14.2. The van der Waals surface area contributed by atoms with Gasteiger partial charge < -0.3 is 15.1 Å². The molecule has 1 unspecified atom stereocenters. The second-order valence-electron chi connectivity index (χ2n) is 4.90. The van der Waals surface area contributed by atoms with Crippen molar-refractivity contribution in [1.29, 1.82) is 0 Å². The molecule has 0 aliphatic carbocycles. The fourth-order valence-corrected chi connectivity index (χ4v) is 2.32. The van der Waals surface area contributed by atoms with E-state index in [0.29, 0.717) is 11.3 Å². The minimum Gasteiger partial charge on any atom is -0.481 e. The Bertz CT molecular complexity index is 608. The largest absolute Gasteiger partial charge is 0.481 e. The highest BCUT2D eigenvalue weighted by Gasteiger charge is 2.38. The summed E-state index contributed by atoms with van der Waals surface area (Å²) < 4.78 is 0. The van der Waals surface area contributed by atoms with Crippen molar-refractivity contribution >= 4 is 23.3 Å². The van der Waals surface area contributed by atoms with Crippen molar-refractivity contribution in [2.75, 3.05) is 11.4 Å². The second kappa shape index (κ2) is 5.05. The van der Waals surface area contributed by atoms with Gasteiger partial charge in [0.2, 0.25) is 0 Å². The highest BCUT2D eigenvalue weighted by molar-refractivity contribution is 6.52. The van der Waals surface area contributed by atoms with E-state index in [0.717, 1.165) is 11.1 Å². The molecule has 0 spiro atoms. The number of amides is 1. The molecule has 2 rings (SSSR count). The van der Waals surface area contributed by atoms with Crippen molar-refractivity contribution in [3.05, 3.63) is 28.8 Å². The van der Waals surface area contributed by atoms with Gasteiger partial charge in [-0.3, -0.25) is 14.4 Å². The van der Waals surface area contributed by atoms with Gasteiger partial charge >= 0.3 is 5.97 Å². The van der Waals surface area contributed by atoms with Crippen molar-refractivity contribution in [1.82, 2.24) is 0 Å². The lowest BCUT2D eigenvalue weighted by atomic mass is 10.0. The fraction of sp³-hybridized carbons (Fsp3) is 0.357. The zero-order valence-corrected chi connectivity index (χ0v) is 11.2. The Morgan fingerprint density at radius 1 is 1.30 bits per heavy atom. The molecule has 1 aliphatic rings. The standard InChI is InChI=1S/C14H15NO5/c1-7-3-4-10-12(8(7)2)15(14(20)13(10)19)6-9(16)5-11(17)18/h3-4,9,16H,5-6H2,1-2H3,(H,17,18). The van der Waals surface area contributed by atoms with E-state index in [1.54, 1.807) is 19.1 Å². The van der Waals surface area contributed by atoms with E-state index in [2.05, 4.69) is 0 Å².